The first kappa shape index (κ1) is 19.5. The SMILES string of the molecule is Cc1ccc(C(CNS(=O)(=O)c2ccc3c(c2)CC(=O)N3C)N(C)C)cc1. The molecular weight excluding hydrogens is 362 g/mol. The highest BCUT2D eigenvalue weighted by molar-refractivity contribution is 7.89. The molecule has 1 heterocycles. The van der Waals surface area contributed by atoms with Gasteiger partial charge in [-0.25, -0.2) is 13.1 Å². The zero-order valence-corrected chi connectivity index (χ0v) is 16.9. The van der Waals surface area contributed by atoms with Crippen molar-refractivity contribution in [2.24, 2.45) is 0 Å². The van der Waals surface area contributed by atoms with Crippen LogP contribution in [0.3, 0.4) is 0 Å². The van der Waals surface area contributed by atoms with Crippen LogP contribution in [0.2, 0.25) is 0 Å². The van der Waals surface area contributed by atoms with Gasteiger partial charge in [-0.3, -0.25) is 4.79 Å². The lowest BCUT2D eigenvalue weighted by atomic mass is 10.0. The Kier molecular flexibility index (Phi) is 5.37. The average Bonchev–Trinajstić information content (AvgIpc) is 2.90. The van der Waals surface area contributed by atoms with Crippen LogP contribution in [0.5, 0.6) is 0 Å². The van der Waals surface area contributed by atoms with Crippen LogP contribution in [0, 0.1) is 6.92 Å². The van der Waals surface area contributed by atoms with E-state index in [2.05, 4.69) is 4.72 Å². The van der Waals surface area contributed by atoms with E-state index in [1.54, 1.807) is 30.1 Å². The molecule has 1 unspecified atom stereocenters. The summed E-state index contributed by atoms with van der Waals surface area (Å²) in [5.74, 6) is -0.0282. The van der Waals surface area contributed by atoms with Gasteiger partial charge in [0, 0.05) is 25.3 Å². The number of carbonyl (C=O) groups is 1. The number of carbonyl (C=O) groups excluding carboxylic acids is 1. The first-order valence-corrected chi connectivity index (χ1v) is 10.3. The van der Waals surface area contributed by atoms with Crippen LogP contribution in [-0.4, -0.2) is 46.9 Å². The molecule has 0 saturated carbocycles. The Hall–Kier alpha value is -2.22. The van der Waals surface area contributed by atoms with Crippen LogP contribution in [0.25, 0.3) is 0 Å². The molecule has 1 atom stereocenters. The molecule has 27 heavy (non-hydrogen) atoms. The predicted octanol–water partition coefficient (Wildman–Crippen LogP) is 2.10. The van der Waals surface area contributed by atoms with Crippen molar-refractivity contribution in [3.05, 3.63) is 59.2 Å². The van der Waals surface area contributed by atoms with Crippen LogP contribution in [0.4, 0.5) is 5.69 Å². The Morgan fingerprint density at radius 1 is 1.15 bits per heavy atom. The van der Waals surface area contributed by atoms with Crippen LogP contribution in [0.1, 0.15) is 22.7 Å². The maximum atomic E-state index is 12.8. The van der Waals surface area contributed by atoms with E-state index in [0.29, 0.717) is 0 Å². The quantitative estimate of drug-likeness (QED) is 0.824. The first-order valence-electron chi connectivity index (χ1n) is 8.81. The normalized spacial score (nSPS) is 15.3. The lowest BCUT2D eigenvalue weighted by molar-refractivity contribution is -0.117. The van der Waals surface area contributed by atoms with E-state index in [9.17, 15) is 13.2 Å². The summed E-state index contributed by atoms with van der Waals surface area (Å²) in [6.45, 7) is 2.28. The minimum absolute atomic E-state index is 0.0282. The van der Waals surface area contributed by atoms with Crippen LogP contribution >= 0.6 is 0 Å². The number of rotatable bonds is 6. The van der Waals surface area contributed by atoms with Gasteiger partial charge in [-0.1, -0.05) is 29.8 Å². The summed E-state index contributed by atoms with van der Waals surface area (Å²) >= 11 is 0. The molecule has 3 rings (SSSR count). The minimum Gasteiger partial charge on any atom is -0.315 e. The van der Waals surface area contributed by atoms with E-state index in [0.717, 1.165) is 22.4 Å². The number of fused-ring (bicyclic) bond motifs is 1. The van der Waals surface area contributed by atoms with Crippen molar-refractivity contribution < 1.29 is 13.2 Å². The topological polar surface area (TPSA) is 69.7 Å². The summed E-state index contributed by atoms with van der Waals surface area (Å²) in [7, 11) is 1.88. The zero-order chi connectivity index (χ0) is 19.8. The molecule has 6 nitrogen and oxygen atoms in total. The molecule has 2 aromatic rings. The molecule has 0 radical (unpaired) electrons. The molecule has 0 saturated heterocycles. The Labute approximate surface area is 160 Å². The second-order valence-electron chi connectivity index (χ2n) is 7.16. The third-order valence-electron chi connectivity index (χ3n) is 4.99. The largest absolute Gasteiger partial charge is 0.315 e. The number of amides is 1. The lowest BCUT2D eigenvalue weighted by Gasteiger charge is -2.25. The molecule has 1 amide bonds. The molecule has 0 aliphatic carbocycles. The third kappa shape index (κ3) is 4.05. The van der Waals surface area contributed by atoms with Crippen molar-refractivity contribution in [2.45, 2.75) is 24.3 Å². The summed E-state index contributed by atoms with van der Waals surface area (Å²) in [6, 6.07) is 12.8. The second-order valence-corrected chi connectivity index (χ2v) is 8.93. The minimum atomic E-state index is -3.67. The molecule has 1 aliphatic rings. The van der Waals surface area contributed by atoms with Crippen molar-refractivity contribution in [3.63, 3.8) is 0 Å². The first-order chi connectivity index (χ1) is 12.7. The molecule has 7 heteroatoms. The smallest absolute Gasteiger partial charge is 0.240 e. The van der Waals surface area contributed by atoms with E-state index in [4.69, 9.17) is 0 Å². The van der Waals surface area contributed by atoms with Gasteiger partial charge in [-0.05, 0) is 50.3 Å². The Morgan fingerprint density at radius 3 is 2.44 bits per heavy atom. The molecule has 1 N–H and O–H groups in total. The Morgan fingerprint density at radius 2 is 1.81 bits per heavy atom. The number of nitrogens with zero attached hydrogens (tertiary/aromatic N) is 2. The Balaban J connectivity index is 1.79. The highest BCUT2D eigenvalue weighted by Crippen LogP contribution is 2.29. The van der Waals surface area contributed by atoms with Crippen LogP contribution in [0.15, 0.2) is 47.4 Å². The fourth-order valence-corrected chi connectivity index (χ4v) is 4.36. The van der Waals surface area contributed by atoms with Gasteiger partial charge in [0.05, 0.1) is 11.3 Å². The summed E-state index contributed by atoms with van der Waals surface area (Å²) in [5.41, 5.74) is 3.72. The number of benzene rings is 2. The van der Waals surface area contributed by atoms with E-state index in [1.807, 2.05) is 50.2 Å². The molecule has 0 bridgehead atoms. The molecule has 0 spiro atoms. The van der Waals surface area contributed by atoms with Crippen LogP contribution in [-0.2, 0) is 21.2 Å². The fraction of sp³-hybridized carbons (Fsp3) is 0.350. The lowest BCUT2D eigenvalue weighted by Crippen LogP contribution is -2.34. The molecule has 0 fully saturated rings. The third-order valence-corrected chi connectivity index (χ3v) is 6.41. The maximum absolute atomic E-state index is 12.8. The van der Waals surface area contributed by atoms with Gasteiger partial charge in [0.25, 0.3) is 0 Å². The van der Waals surface area contributed by atoms with E-state index in [1.165, 1.54) is 0 Å². The number of likely N-dealkylation sites (N-methyl/N-ethyl adjacent to an activating group) is 2. The number of nitrogens with one attached hydrogen (secondary N) is 1. The van der Waals surface area contributed by atoms with Crippen molar-refractivity contribution in [1.82, 2.24) is 9.62 Å². The molecule has 2 aromatic carbocycles. The number of anilines is 1. The number of aryl methyl sites for hydroxylation is 1. The molecule has 0 aromatic heterocycles. The average molecular weight is 388 g/mol. The summed E-state index contributed by atoms with van der Waals surface area (Å²) in [4.78, 5) is 15.5. The maximum Gasteiger partial charge on any atom is 0.240 e. The van der Waals surface area contributed by atoms with Gasteiger partial charge in [-0.15, -0.1) is 0 Å². The van der Waals surface area contributed by atoms with Gasteiger partial charge in [0.1, 0.15) is 0 Å². The molecule has 144 valence electrons. The van der Waals surface area contributed by atoms with E-state index < -0.39 is 10.0 Å². The summed E-state index contributed by atoms with van der Waals surface area (Å²) in [6.07, 6.45) is 0.235. The molecule has 1 aliphatic heterocycles. The van der Waals surface area contributed by atoms with Crippen molar-refractivity contribution >= 4 is 21.6 Å². The zero-order valence-electron chi connectivity index (χ0n) is 16.1. The number of sulfonamides is 1. The van der Waals surface area contributed by atoms with Crippen molar-refractivity contribution in [1.29, 1.82) is 0 Å². The summed E-state index contributed by atoms with van der Waals surface area (Å²) in [5, 5.41) is 0. The van der Waals surface area contributed by atoms with Gasteiger partial charge in [0.2, 0.25) is 15.9 Å². The number of hydrogen-bond donors (Lipinski definition) is 1. The van der Waals surface area contributed by atoms with E-state index >= 15 is 0 Å². The highest BCUT2D eigenvalue weighted by atomic mass is 32.2. The van der Waals surface area contributed by atoms with Gasteiger partial charge in [0.15, 0.2) is 0 Å². The monoisotopic (exact) mass is 387 g/mol. The van der Waals surface area contributed by atoms with Gasteiger partial charge in [-0.2, -0.15) is 0 Å². The van der Waals surface area contributed by atoms with Crippen LogP contribution < -0.4 is 9.62 Å². The fourth-order valence-electron chi connectivity index (χ4n) is 3.27. The van der Waals surface area contributed by atoms with Gasteiger partial charge < -0.3 is 9.80 Å². The predicted molar refractivity (Wildman–Crippen MR) is 106 cm³/mol. The van der Waals surface area contributed by atoms with Gasteiger partial charge >= 0.3 is 0 Å². The standard InChI is InChI=1S/C20H25N3O3S/c1-14-5-7-15(8-6-14)19(22(2)3)13-21-27(25,26)17-9-10-18-16(11-17)12-20(24)23(18)4/h5-11,19,21H,12-13H2,1-4H3. The van der Waals surface area contributed by atoms with Crippen molar-refractivity contribution in [3.8, 4) is 0 Å². The van der Waals surface area contributed by atoms with E-state index in [-0.39, 0.29) is 29.8 Å². The molecular formula is C20H25N3O3S. The second kappa shape index (κ2) is 7.42. The Bertz CT molecular complexity index is 953. The number of hydrogen-bond acceptors (Lipinski definition) is 4. The van der Waals surface area contributed by atoms with Crippen molar-refractivity contribution in [2.75, 3.05) is 32.6 Å². The highest BCUT2D eigenvalue weighted by Gasteiger charge is 2.26. The summed E-state index contributed by atoms with van der Waals surface area (Å²) < 4.78 is 28.3.